The van der Waals surface area contributed by atoms with Gasteiger partial charge in [0, 0.05) is 0 Å². The lowest BCUT2D eigenvalue weighted by Gasteiger charge is -2.01. The van der Waals surface area contributed by atoms with E-state index >= 15 is 0 Å². The first-order chi connectivity index (χ1) is 5.24. The lowest BCUT2D eigenvalue weighted by Crippen LogP contribution is -1.97. The molecular weight excluding hydrogens is 140 g/mol. The third-order valence-corrected chi connectivity index (χ3v) is 1.55. The van der Waals surface area contributed by atoms with Gasteiger partial charge in [0.05, 0.1) is 0 Å². The number of carbonyl (C=O) groups is 1. The van der Waals surface area contributed by atoms with E-state index in [4.69, 9.17) is 5.11 Å². The molecule has 11 heavy (non-hydrogen) atoms. The Labute approximate surface area is 65.5 Å². The van der Waals surface area contributed by atoms with Crippen molar-refractivity contribution in [2.45, 2.75) is 13.0 Å². The Hall–Kier alpha value is -1.15. The molecule has 1 aromatic carbocycles. The number of aldehydes is 1. The molecular formula is C9H10O2. The molecule has 0 aliphatic heterocycles. The van der Waals surface area contributed by atoms with Gasteiger partial charge in [0.15, 0.2) is 6.29 Å². The number of benzene rings is 1. The van der Waals surface area contributed by atoms with Crippen molar-refractivity contribution in [2.24, 2.45) is 0 Å². The van der Waals surface area contributed by atoms with Gasteiger partial charge >= 0.3 is 0 Å². The maximum Gasteiger partial charge on any atom is 0.153 e. The van der Waals surface area contributed by atoms with E-state index in [0.717, 1.165) is 5.56 Å². The molecule has 0 unspecified atom stereocenters. The van der Waals surface area contributed by atoms with E-state index in [9.17, 15) is 4.79 Å². The lowest BCUT2D eigenvalue weighted by molar-refractivity contribution is -0.115. The summed E-state index contributed by atoms with van der Waals surface area (Å²) in [5.74, 6) is 0. The molecule has 58 valence electrons. The number of aliphatic hydroxyl groups is 1. The zero-order valence-corrected chi connectivity index (χ0v) is 6.32. The van der Waals surface area contributed by atoms with Crippen molar-refractivity contribution in [1.29, 1.82) is 0 Å². The van der Waals surface area contributed by atoms with Crippen molar-refractivity contribution in [3.8, 4) is 0 Å². The normalized spacial score (nSPS) is 12.5. The number of hydrogen-bond acceptors (Lipinski definition) is 2. The van der Waals surface area contributed by atoms with Crippen LogP contribution < -0.4 is 0 Å². The largest absolute Gasteiger partial charge is 0.381 e. The van der Waals surface area contributed by atoms with Crippen LogP contribution >= 0.6 is 0 Å². The lowest BCUT2D eigenvalue weighted by atomic mass is 10.1. The zero-order chi connectivity index (χ0) is 8.27. The standard InChI is InChI=1S/C9H10O2/c1-7-2-4-8(5-3-7)9(11)6-10/h2-6,9,11H,1H3/t9-/m1/s1. The highest BCUT2D eigenvalue weighted by atomic mass is 16.3. The van der Waals surface area contributed by atoms with E-state index in [2.05, 4.69) is 0 Å². The summed E-state index contributed by atoms with van der Waals surface area (Å²) in [4.78, 5) is 10.1. The molecule has 0 amide bonds. The van der Waals surface area contributed by atoms with Gasteiger partial charge in [-0.25, -0.2) is 0 Å². The number of rotatable bonds is 2. The van der Waals surface area contributed by atoms with Crippen LogP contribution in [0.1, 0.15) is 17.2 Å². The molecule has 2 heteroatoms. The zero-order valence-electron chi connectivity index (χ0n) is 6.32. The topological polar surface area (TPSA) is 37.3 Å². The van der Waals surface area contributed by atoms with Crippen molar-refractivity contribution in [1.82, 2.24) is 0 Å². The number of carbonyl (C=O) groups excluding carboxylic acids is 1. The van der Waals surface area contributed by atoms with Gasteiger partial charge in [0.25, 0.3) is 0 Å². The second kappa shape index (κ2) is 3.30. The second-order valence-corrected chi connectivity index (χ2v) is 2.49. The molecule has 0 aliphatic rings. The monoisotopic (exact) mass is 150 g/mol. The van der Waals surface area contributed by atoms with Crippen LogP contribution in [-0.2, 0) is 4.79 Å². The molecule has 0 saturated heterocycles. The molecule has 0 spiro atoms. The van der Waals surface area contributed by atoms with Crippen molar-refractivity contribution in [2.75, 3.05) is 0 Å². The van der Waals surface area contributed by atoms with Crippen LogP contribution in [0.5, 0.6) is 0 Å². The third kappa shape index (κ3) is 1.88. The molecule has 0 bridgehead atoms. The number of aryl methyl sites for hydroxylation is 1. The summed E-state index contributed by atoms with van der Waals surface area (Å²) in [6, 6.07) is 7.22. The van der Waals surface area contributed by atoms with Gasteiger partial charge in [-0.3, -0.25) is 0 Å². The first kappa shape index (κ1) is 7.95. The summed E-state index contributed by atoms with van der Waals surface area (Å²) in [6.07, 6.45) is -0.458. The predicted octanol–water partition coefficient (Wildman–Crippen LogP) is 1.23. The van der Waals surface area contributed by atoms with Crippen LogP contribution in [0.25, 0.3) is 0 Å². The van der Waals surface area contributed by atoms with Gasteiger partial charge in [-0.1, -0.05) is 29.8 Å². The Bertz CT molecular complexity index is 238. The molecule has 0 fully saturated rings. The second-order valence-electron chi connectivity index (χ2n) is 2.49. The van der Waals surface area contributed by atoms with Crippen molar-refractivity contribution in [3.63, 3.8) is 0 Å². The Balaban J connectivity index is 2.89. The molecule has 2 nitrogen and oxygen atoms in total. The molecule has 1 N–H and O–H groups in total. The average molecular weight is 150 g/mol. The summed E-state index contributed by atoms with van der Waals surface area (Å²) in [6.45, 7) is 1.96. The Morgan fingerprint density at radius 2 is 1.91 bits per heavy atom. The van der Waals surface area contributed by atoms with Crippen molar-refractivity contribution >= 4 is 6.29 Å². The van der Waals surface area contributed by atoms with Crippen LogP contribution in [0.4, 0.5) is 0 Å². The van der Waals surface area contributed by atoms with E-state index in [-0.39, 0.29) is 0 Å². The SMILES string of the molecule is Cc1ccc([C@H](O)C=O)cc1. The molecule has 0 aromatic heterocycles. The number of hydrogen-bond donors (Lipinski definition) is 1. The molecule has 1 atom stereocenters. The van der Waals surface area contributed by atoms with E-state index < -0.39 is 6.10 Å². The summed E-state index contributed by atoms with van der Waals surface area (Å²) in [5, 5.41) is 9.05. The maximum atomic E-state index is 10.1. The fourth-order valence-electron chi connectivity index (χ4n) is 0.842. The van der Waals surface area contributed by atoms with Crippen LogP contribution in [-0.4, -0.2) is 11.4 Å². The van der Waals surface area contributed by atoms with Gasteiger partial charge < -0.3 is 9.90 Å². The highest BCUT2D eigenvalue weighted by Gasteiger charge is 2.02. The highest BCUT2D eigenvalue weighted by molar-refractivity contribution is 5.59. The van der Waals surface area contributed by atoms with Crippen LogP contribution in [0.3, 0.4) is 0 Å². The Morgan fingerprint density at radius 3 is 2.36 bits per heavy atom. The molecule has 1 aromatic rings. The van der Waals surface area contributed by atoms with Crippen molar-refractivity contribution in [3.05, 3.63) is 35.4 Å². The predicted molar refractivity (Wildman–Crippen MR) is 42.2 cm³/mol. The van der Waals surface area contributed by atoms with E-state index in [1.165, 1.54) is 0 Å². The fourth-order valence-corrected chi connectivity index (χ4v) is 0.842. The number of aliphatic hydroxyl groups excluding tert-OH is 1. The van der Waals surface area contributed by atoms with Gasteiger partial charge in [0.1, 0.15) is 6.10 Å². The van der Waals surface area contributed by atoms with Gasteiger partial charge in [-0.05, 0) is 12.5 Å². The molecule has 0 aliphatic carbocycles. The van der Waals surface area contributed by atoms with Crippen LogP contribution in [0.2, 0.25) is 0 Å². The van der Waals surface area contributed by atoms with Gasteiger partial charge in [-0.2, -0.15) is 0 Å². The minimum absolute atomic E-state index is 0.519. The molecule has 0 radical (unpaired) electrons. The summed E-state index contributed by atoms with van der Waals surface area (Å²) >= 11 is 0. The molecule has 0 heterocycles. The highest BCUT2D eigenvalue weighted by Crippen LogP contribution is 2.10. The summed E-state index contributed by atoms with van der Waals surface area (Å²) in [5.41, 5.74) is 1.76. The first-order valence-electron chi connectivity index (χ1n) is 3.44. The Kier molecular flexibility index (Phi) is 2.39. The molecule has 1 rings (SSSR count). The minimum atomic E-state index is -0.976. The summed E-state index contributed by atoms with van der Waals surface area (Å²) in [7, 11) is 0. The van der Waals surface area contributed by atoms with E-state index in [1.807, 2.05) is 19.1 Å². The first-order valence-corrected chi connectivity index (χ1v) is 3.44. The summed E-state index contributed by atoms with van der Waals surface area (Å²) < 4.78 is 0. The van der Waals surface area contributed by atoms with Crippen molar-refractivity contribution < 1.29 is 9.90 Å². The maximum absolute atomic E-state index is 10.1. The van der Waals surface area contributed by atoms with E-state index in [1.54, 1.807) is 12.1 Å². The third-order valence-electron chi connectivity index (χ3n) is 1.55. The smallest absolute Gasteiger partial charge is 0.153 e. The van der Waals surface area contributed by atoms with Crippen LogP contribution in [0.15, 0.2) is 24.3 Å². The Morgan fingerprint density at radius 1 is 1.36 bits per heavy atom. The van der Waals surface area contributed by atoms with E-state index in [0.29, 0.717) is 11.8 Å². The quantitative estimate of drug-likeness (QED) is 0.644. The van der Waals surface area contributed by atoms with Crippen LogP contribution in [0, 0.1) is 6.92 Å². The van der Waals surface area contributed by atoms with Gasteiger partial charge in [-0.15, -0.1) is 0 Å². The minimum Gasteiger partial charge on any atom is -0.381 e. The fraction of sp³-hybridized carbons (Fsp3) is 0.222. The van der Waals surface area contributed by atoms with Gasteiger partial charge in [0.2, 0.25) is 0 Å². The average Bonchev–Trinajstić information content (AvgIpc) is 2.05. The molecule has 0 saturated carbocycles.